The van der Waals surface area contributed by atoms with Crippen molar-refractivity contribution in [3.8, 4) is 5.75 Å². The maximum absolute atomic E-state index is 12.5. The number of nitrogens with one attached hydrogen (secondary N) is 1. The summed E-state index contributed by atoms with van der Waals surface area (Å²) in [4.78, 5) is 0.0126. The Labute approximate surface area is 128 Å². The van der Waals surface area contributed by atoms with Gasteiger partial charge in [0.1, 0.15) is 10.6 Å². The fraction of sp³-hybridized carbons (Fsp3) is 0.143. The molecule has 2 aromatic rings. The minimum atomic E-state index is -3.80. The zero-order valence-electron chi connectivity index (χ0n) is 11.6. The first-order valence-corrected chi connectivity index (χ1v) is 7.92. The second-order valence-corrected chi connectivity index (χ2v) is 6.56. The zero-order valence-corrected chi connectivity index (χ0v) is 13.1. The number of hydrogen-bond acceptors (Lipinski definition) is 4. The molecule has 2 rings (SSSR count). The summed E-state index contributed by atoms with van der Waals surface area (Å²) in [6.07, 6.45) is 0. The predicted octanol–water partition coefficient (Wildman–Crippen LogP) is 3.04. The minimum absolute atomic E-state index is 0.0126. The molecule has 0 amide bonds. The molecule has 0 radical (unpaired) electrons. The molecule has 0 aliphatic rings. The summed E-state index contributed by atoms with van der Waals surface area (Å²) in [6, 6.07) is 9.34. The molecule has 2 aromatic carbocycles. The third-order valence-electron chi connectivity index (χ3n) is 2.92. The van der Waals surface area contributed by atoms with Crippen molar-refractivity contribution < 1.29 is 13.2 Å². The minimum Gasteiger partial charge on any atom is -0.495 e. The molecular weight excluding hydrogens is 312 g/mol. The van der Waals surface area contributed by atoms with Crippen LogP contribution in [0, 0.1) is 6.92 Å². The second kappa shape index (κ2) is 5.83. The van der Waals surface area contributed by atoms with Crippen LogP contribution in [0.2, 0.25) is 5.02 Å². The van der Waals surface area contributed by atoms with Crippen LogP contribution < -0.4 is 15.2 Å². The number of aryl methyl sites for hydroxylation is 1. The first-order valence-electron chi connectivity index (χ1n) is 6.06. The molecule has 0 fully saturated rings. The van der Waals surface area contributed by atoms with E-state index in [4.69, 9.17) is 22.1 Å². The molecule has 0 atom stereocenters. The molecule has 0 bridgehead atoms. The van der Waals surface area contributed by atoms with Crippen molar-refractivity contribution in [1.29, 1.82) is 0 Å². The monoisotopic (exact) mass is 326 g/mol. The van der Waals surface area contributed by atoms with Gasteiger partial charge < -0.3 is 10.5 Å². The summed E-state index contributed by atoms with van der Waals surface area (Å²) in [6.45, 7) is 1.79. The molecule has 0 unspecified atom stereocenters. The summed E-state index contributed by atoms with van der Waals surface area (Å²) in [5, 5.41) is 0.447. The Morgan fingerprint density at radius 2 is 1.90 bits per heavy atom. The van der Waals surface area contributed by atoms with Crippen LogP contribution in [0.3, 0.4) is 0 Å². The number of nitrogen functional groups attached to an aromatic ring is 1. The highest BCUT2D eigenvalue weighted by Gasteiger charge is 2.20. The number of hydrogen-bond donors (Lipinski definition) is 2. The normalized spacial score (nSPS) is 11.2. The van der Waals surface area contributed by atoms with Crippen LogP contribution in [0.5, 0.6) is 5.75 Å². The highest BCUT2D eigenvalue weighted by atomic mass is 35.5. The van der Waals surface area contributed by atoms with Gasteiger partial charge in [0, 0.05) is 16.8 Å². The number of anilines is 2. The number of nitrogens with two attached hydrogens (primary N) is 1. The lowest BCUT2D eigenvalue weighted by Crippen LogP contribution is -2.15. The Balaban J connectivity index is 2.46. The quantitative estimate of drug-likeness (QED) is 0.846. The molecule has 0 aromatic heterocycles. The van der Waals surface area contributed by atoms with E-state index in [0.29, 0.717) is 16.4 Å². The van der Waals surface area contributed by atoms with E-state index in [1.165, 1.54) is 25.3 Å². The van der Waals surface area contributed by atoms with Gasteiger partial charge >= 0.3 is 0 Å². The van der Waals surface area contributed by atoms with Gasteiger partial charge in [0.05, 0.1) is 12.8 Å². The van der Waals surface area contributed by atoms with Crippen molar-refractivity contribution in [2.24, 2.45) is 0 Å². The maximum Gasteiger partial charge on any atom is 0.265 e. The number of rotatable bonds is 4. The standard InChI is InChI=1S/C14H15ClN2O3S/c1-9-3-4-10(15)7-12(9)17-21(18,19)14-6-5-11(16)8-13(14)20-2/h3-8,17H,16H2,1-2H3. The number of methoxy groups -OCH3 is 1. The van der Waals surface area contributed by atoms with Crippen molar-refractivity contribution in [2.45, 2.75) is 11.8 Å². The van der Waals surface area contributed by atoms with E-state index in [2.05, 4.69) is 4.72 Å². The molecule has 5 nitrogen and oxygen atoms in total. The smallest absolute Gasteiger partial charge is 0.265 e. The summed E-state index contributed by atoms with van der Waals surface area (Å²) >= 11 is 5.89. The van der Waals surface area contributed by atoms with Gasteiger partial charge in [-0.05, 0) is 36.8 Å². The molecule has 7 heteroatoms. The molecule has 0 saturated heterocycles. The van der Waals surface area contributed by atoms with Gasteiger partial charge in [-0.15, -0.1) is 0 Å². The van der Waals surface area contributed by atoms with E-state index in [1.54, 1.807) is 25.1 Å². The van der Waals surface area contributed by atoms with Gasteiger partial charge in [-0.2, -0.15) is 0 Å². The average molecular weight is 327 g/mol. The number of sulfonamides is 1. The van der Waals surface area contributed by atoms with Crippen LogP contribution in [0.4, 0.5) is 11.4 Å². The Hall–Kier alpha value is -1.92. The molecular formula is C14H15ClN2O3S. The van der Waals surface area contributed by atoms with Crippen LogP contribution in [-0.2, 0) is 10.0 Å². The number of benzene rings is 2. The first-order chi connectivity index (χ1) is 9.83. The van der Waals surface area contributed by atoms with Gasteiger partial charge in [0.25, 0.3) is 10.0 Å². The van der Waals surface area contributed by atoms with Gasteiger partial charge in [0.15, 0.2) is 0 Å². The largest absolute Gasteiger partial charge is 0.495 e. The van der Waals surface area contributed by atoms with Gasteiger partial charge in [-0.1, -0.05) is 17.7 Å². The Morgan fingerprint density at radius 1 is 1.19 bits per heavy atom. The van der Waals surface area contributed by atoms with E-state index in [1.807, 2.05) is 0 Å². The van der Waals surface area contributed by atoms with Crippen molar-refractivity contribution in [2.75, 3.05) is 17.6 Å². The highest BCUT2D eigenvalue weighted by Crippen LogP contribution is 2.29. The third kappa shape index (κ3) is 3.40. The number of ether oxygens (including phenoxy) is 1. The molecule has 0 aliphatic carbocycles. The molecule has 0 spiro atoms. The fourth-order valence-electron chi connectivity index (χ4n) is 1.81. The maximum atomic E-state index is 12.5. The molecule has 3 N–H and O–H groups in total. The lowest BCUT2D eigenvalue weighted by molar-refractivity contribution is 0.403. The predicted molar refractivity (Wildman–Crippen MR) is 84.4 cm³/mol. The molecule has 0 aliphatic heterocycles. The van der Waals surface area contributed by atoms with E-state index in [9.17, 15) is 8.42 Å². The van der Waals surface area contributed by atoms with Crippen LogP contribution in [0.1, 0.15) is 5.56 Å². The van der Waals surface area contributed by atoms with Crippen molar-refractivity contribution in [3.05, 3.63) is 47.0 Å². The lowest BCUT2D eigenvalue weighted by Gasteiger charge is -2.13. The summed E-state index contributed by atoms with van der Waals surface area (Å²) in [7, 11) is -2.41. The molecule has 0 heterocycles. The second-order valence-electron chi connectivity index (χ2n) is 4.48. The van der Waals surface area contributed by atoms with Gasteiger partial charge in [0.2, 0.25) is 0 Å². The van der Waals surface area contributed by atoms with Crippen LogP contribution in [-0.4, -0.2) is 15.5 Å². The molecule has 0 saturated carbocycles. The Bertz CT molecular complexity index is 776. The van der Waals surface area contributed by atoms with E-state index in [-0.39, 0.29) is 10.6 Å². The summed E-state index contributed by atoms with van der Waals surface area (Å²) < 4.78 is 32.5. The number of halogens is 1. The summed E-state index contributed by atoms with van der Waals surface area (Å²) in [5.74, 6) is 0.183. The van der Waals surface area contributed by atoms with Gasteiger partial charge in [-0.25, -0.2) is 8.42 Å². The van der Waals surface area contributed by atoms with E-state index in [0.717, 1.165) is 5.56 Å². The fourth-order valence-corrected chi connectivity index (χ4v) is 3.26. The van der Waals surface area contributed by atoms with Crippen molar-refractivity contribution in [1.82, 2.24) is 0 Å². The third-order valence-corrected chi connectivity index (χ3v) is 4.56. The van der Waals surface area contributed by atoms with Crippen LogP contribution in [0.15, 0.2) is 41.3 Å². The van der Waals surface area contributed by atoms with Crippen LogP contribution >= 0.6 is 11.6 Å². The first kappa shape index (κ1) is 15.5. The Kier molecular flexibility index (Phi) is 4.29. The average Bonchev–Trinajstić information content (AvgIpc) is 2.42. The zero-order chi connectivity index (χ0) is 15.6. The SMILES string of the molecule is COc1cc(N)ccc1S(=O)(=O)Nc1cc(Cl)ccc1C. The topological polar surface area (TPSA) is 81.4 Å². The summed E-state index contributed by atoms with van der Waals surface area (Å²) in [5.41, 5.74) is 7.23. The van der Waals surface area contributed by atoms with Crippen molar-refractivity contribution >= 4 is 33.0 Å². The van der Waals surface area contributed by atoms with Crippen LogP contribution in [0.25, 0.3) is 0 Å². The molecule has 112 valence electrons. The van der Waals surface area contributed by atoms with E-state index < -0.39 is 10.0 Å². The van der Waals surface area contributed by atoms with E-state index >= 15 is 0 Å². The lowest BCUT2D eigenvalue weighted by atomic mass is 10.2. The molecule has 21 heavy (non-hydrogen) atoms. The Morgan fingerprint density at radius 3 is 2.57 bits per heavy atom. The highest BCUT2D eigenvalue weighted by molar-refractivity contribution is 7.92. The van der Waals surface area contributed by atoms with Crippen molar-refractivity contribution in [3.63, 3.8) is 0 Å². The van der Waals surface area contributed by atoms with Gasteiger partial charge in [-0.3, -0.25) is 4.72 Å².